The van der Waals surface area contributed by atoms with Gasteiger partial charge in [0.05, 0.1) is 0 Å². The average molecular weight is 208 g/mol. The minimum atomic E-state index is 0.378. The minimum Gasteiger partial charge on any atom is -0.295 e. The molecule has 0 N–H and O–H groups in total. The zero-order chi connectivity index (χ0) is 10.7. The lowest BCUT2D eigenvalue weighted by atomic mass is 9.83. The lowest BCUT2D eigenvalue weighted by Gasteiger charge is -2.58. The van der Waals surface area contributed by atoms with Crippen LogP contribution in [0.25, 0.3) is 0 Å². The van der Waals surface area contributed by atoms with Crippen LogP contribution < -0.4 is 0 Å². The number of rotatable bonds is 1. The van der Waals surface area contributed by atoms with E-state index in [0.717, 1.165) is 6.04 Å². The molecule has 0 radical (unpaired) electrons. The Morgan fingerprint density at radius 3 is 2.33 bits per heavy atom. The molecule has 2 nitrogen and oxygen atoms in total. The third-order valence-electron chi connectivity index (χ3n) is 4.56. The highest BCUT2D eigenvalue weighted by Gasteiger charge is 2.55. The van der Waals surface area contributed by atoms with E-state index >= 15 is 0 Å². The highest BCUT2D eigenvalue weighted by Crippen LogP contribution is 2.45. The van der Waals surface area contributed by atoms with Crippen LogP contribution in [0.5, 0.6) is 0 Å². The van der Waals surface area contributed by atoms with Gasteiger partial charge in [-0.15, -0.1) is 0 Å². The predicted molar refractivity (Wildman–Crippen MR) is 63.0 cm³/mol. The van der Waals surface area contributed by atoms with E-state index in [1.54, 1.807) is 0 Å². The Morgan fingerprint density at radius 2 is 1.80 bits per heavy atom. The van der Waals surface area contributed by atoms with Crippen molar-refractivity contribution in [2.75, 3.05) is 19.6 Å². The van der Waals surface area contributed by atoms with Gasteiger partial charge in [-0.25, -0.2) is 0 Å². The van der Waals surface area contributed by atoms with Gasteiger partial charge in [-0.1, -0.05) is 0 Å². The van der Waals surface area contributed by atoms with E-state index in [9.17, 15) is 0 Å². The lowest BCUT2D eigenvalue weighted by Crippen LogP contribution is -2.71. The normalized spacial score (nSPS) is 32.2. The topological polar surface area (TPSA) is 6.48 Å². The van der Waals surface area contributed by atoms with Crippen LogP contribution in [0.1, 0.15) is 46.5 Å². The molecule has 2 aliphatic heterocycles. The van der Waals surface area contributed by atoms with Gasteiger partial charge in [0.2, 0.25) is 0 Å². The van der Waals surface area contributed by atoms with E-state index in [4.69, 9.17) is 0 Å². The SMILES string of the molecule is CC(C)(C)N1CC2(CCCN2C2CC2)C1. The molecule has 0 unspecified atom stereocenters. The van der Waals surface area contributed by atoms with Gasteiger partial charge in [0.1, 0.15) is 0 Å². The Labute approximate surface area is 93.6 Å². The van der Waals surface area contributed by atoms with Crippen molar-refractivity contribution in [3.8, 4) is 0 Å². The fourth-order valence-electron chi connectivity index (χ4n) is 3.39. The maximum absolute atomic E-state index is 2.84. The first kappa shape index (κ1) is 10.1. The molecule has 0 bridgehead atoms. The molecule has 0 atom stereocenters. The maximum atomic E-state index is 2.84. The number of likely N-dealkylation sites (tertiary alicyclic amines) is 2. The average Bonchev–Trinajstić information content (AvgIpc) is 2.79. The number of hydrogen-bond donors (Lipinski definition) is 0. The first-order chi connectivity index (χ1) is 7.01. The zero-order valence-corrected chi connectivity index (χ0v) is 10.4. The van der Waals surface area contributed by atoms with Crippen LogP contribution in [-0.4, -0.2) is 46.6 Å². The van der Waals surface area contributed by atoms with Gasteiger partial charge in [-0.2, -0.15) is 0 Å². The van der Waals surface area contributed by atoms with E-state index < -0.39 is 0 Å². The molecule has 0 aromatic carbocycles. The predicted octanol–water partition coefficient (Wildman–Crippen LogP) is 2.10. The van der Waals surface area contributed by atoms with Crippen LogP contribution in [0.15, 0.2) is 0 Å². The molecule has 3 rings (SSSR count). The molecule has 1 aliphatic carbocycles. The lowest BCUT2D eigenvalue weighted by molar-refractivity contribution is -0.0781. The monoisotopic (exact) mass is 208 g/mol. The Hall–Kier alpha value is -0.0800. The molecule has 2 saturated heterocycles. The van der Waals surface area contributed by atoms with Crippen molar-refractivity contribution >= 4 is 0 Å². The van der Waals surface area contributed by atoms with E-state index in [2.05, 4.69) is 30.6 Å². The Balaban J connectivity index is 1.68. The van der Waals surface area contributed by atoms with Crippen molar-refractivity contribution in [2.24, 2.45) is 0 Å². The van der Waals surface area contributed by atoms with Crippen LogP contribution in [0.4, 0.5) is 0 Å². The molecule has 3 aliphatic rings. The Kier molecular flexibility index (Phi) is 2.01. The van der Waals surface area contributed by atoms with Crippen LogP contribution in [0.2, 0.25) is 0 Å². The second-order valence-corrected chi connectivity index (χ2v) is 6.78. The summed E-state index contributed by atoms with van der Waals surface area (Å²) in [6.45, 7) is 11.1. The smallest absolute Gasteiger partial charge is 0.0466 e. The zero-order valence-electron chi connectivity index (χ0n) is 10.4. The van der Waals surface area contributed by atoms with Crippen LogP contribution >= 0.6 is 0 Å². The maximum Gasteiger partial charge on any atom is 0.0466 e. The quantitative estimate of drug-likeness (QED) is 0.651. The fourth-order valence-corrected chi connectivity index (χ4v) is 3.39. The molecule has 0 amide bonds. The van der Waals surface area contributed by atoms with Gasteiger partial charge in [-0.3, -0.25) is 9.80 Å². The minimum absolute atomic E-state index is 0.378. The van der Waals surface area contributed by atoms with Gasteiger partial charge in [0.25, 0.3) is 0 Å². The largest absolute Gasteiger partial charge is 0.295 e. The first-order valence-corrected chi connectivity index (χ1v) is 6.53. The van der Waals surface area contributed by atoms with E-state index in [-0.39, 0.29) is 0 Å². The van der Waals surface area contributed by atoms with Crippen molar-refractivity contribution in [3.05, 3.63) is 0 Å². The van der Waals surface area contributed by atoms with Crippen molar-refractivity contribution in [3.63, 3.8) is 0 Å². The molecule has 15 heavy (non-hydrogen) atoms. The first-order valence-electron chi connectivity index (χ1n) is 6.53. The molecule has 0 aromatic rings. The second-order valence-electron chi connectivity index (χ2n) is 6.78. The summed E-state index contributed by atoms with van der Waals surface area (Å²) < 4.78 is 0. The van der Waals surface area contributed by atoms with E-state index in [1.807, 2.05) is 0 Å². The molecule has 2 heteroatoms. The summed E-state index contributed by atoms with van der Waals surface area (Å²) in [5, 5.41) is 0. The van der Waals surface area contributed by atoms with Crippen LogP contribution in [0, 0.1) is 0 Å². The standard InChI is InChI=1S/C13H24N2/c1-12(2,3)14-9-13(10-14)7-4-8-15(13)11-5-6-11/h11H,4-10H2,1-3H3. The highest BCUT2D eigenvalue weighted by molar-refractivity contribution is 5.12. The van der Waals surface area contributed by atoms with E-state index in [1.165, 1.54) is 45.3 Å². The molecule has 3 fully saturated rings. The van der Waals surface area contributed by atoms with Crippen LogP contribution in [0.3, 0.4) is 0 Å². The molecule has 0 aromatic heterocycles. The summed E-state index contributed by atoms with van der Waals surface area (Å²) in [4.78, 5) is 5.49. The van der Waals surface area contributed by atoms with Crippen molar-refractivity contribution in [1.82, 2.24) is 9.80 Å². The van der Waals surface area contributed by atoms with E-state index in [0.29, 0.717) is 11.1 Å². The Bertz CT molecular complexity index is 256. The Morgan fingerprint density at radius 1 is 1.13 bits per heavy atom. The summed E-state index contributed by atoms with van der Waals surface area (Å²) >= 11 is 0. The molecule has 1 saturated carbocycles. The summed E-state index contributed by atoms with van der Waals surface area (Å²) in [7, 11) is 0. The third kappa shape index (κ3) is 1.53. The molecule has 86 valence electrons. The highest BCUT2D eigenvalue weighted by atomic mass is 15.4. The molecular weight excluding hydrogens is 184 g/mol. The van der Waals surface area contributed by atoms with Gasteiger partial charge < -0.3 is 0 Å². The summed E-state index contributed by atoms with van der Waals surface area (Å²) in [6, 6.07) is 0.967. The third-order valence-corrected chi connectivity index (χ3v) is 4.56. The fraction of sp³-hybridized carbons (Fsp3) is 1.00. The summed E-state index contributed by atoms with van der Waals surface area (Å²) in [6.07, 6.45) is 5.83. The van der Waals surface area contributed by atoms with Gasteiger partial charge in [0, 0.05) is 30.2 Å². The van der Waals surface area contributed by atoms with Crippen molar-refractivity contribution < 1.29 is 0 Å². The number of nitrogens with zero attached hydrogens (tertiary/aromatic N) is 2. The van der Waals surface area contributed by atoms with Crippen molar-refractivity contribution in [1.29, 1.82) is 0 Å². The molecule has 1 spiro atoms. The number of hydrogen-bond acceptors (Lipinski definition) is 2. The second kappa shape index (κ2) is 2.98. The van der Waals surface area contributed by atoms with Gasteiger partial charge >= 0.3 is 0 Å². The van der Waals surface area contributed by atoms with Crippen molar-refractivity contribution in [2.45, 2.75) is 63.6 Å². The van der Waals surface area contributed by atoms with Gasteiger partial charge in [-0.05, 0) is 53.0 Å². The summed E-state index contributed by atoms with van der Waals surface area (Å²) in [5.74, 6) is 0. The van der Waals surface area contributed by atoms with Crippen LogP contribution in [-0.2, 0) is 0 Å². The van der Waals surface area contributed by atoms with Gasteiger partial charge in [0.15, 0.2) is 0 Å². The summed E-state index contributed by atoms with van der Waals surface area (Å²) in [5.41, 5.74) is 0.984. The molecular formula is C13H24N2. The molecule has 2 heterocycles.